The molecule has 0 saturated heterocycles. The number of hydrogen-bond donors (Lipinski definition) is 0. The van der Waals surface area contributed by atoms with E-state index in [0.29, 0.717) is 17.2 Å². The maximum atomic E-state index is 11.6. The highest BCUT2D eigenvalue weighted by molar-refractivity contribution is 5.67. The van der Waals surface area contributed by atoms with Gasteiger partial charge in [-0.2, -0.15) is 0 Å². The number of pyridine rings is 1. The van der Waals surface area contributed by atoms with Crippen LogP contribution in [0.1, 0.15) is 105 Å². The maximum Gasteiger partial charge on any atom is 0.303 e. The number of esters is 2. The highest BCUT2D eigenvalue weighted by atomic mass is 16.7. The van der Waals surface area contributed by atoms with E-state index in [1.807, 2.05) is 24.3 Å². The second kappa shape index (κ2) is 15.5. The third-order valence-corrected chi connectivity index (χ3v) is 12.8. The molecule has 6 rings (SSSR count). The van der Waals surface area contributed by atoms with Gasteiger partial charge >= 0.3 is 11.9 Å². The molecule has 4 aliphatic carbocycles. The largest absolute Gasteiger partial charge is 0.478 e. The van der Waals surface area contributed by atoms with Crippen LogP contribution in [0.4, 0.5) is 0 Å². The van der Waals surface area contributed by atoms with Crippen LogP contribution in [0.2, 0.25) is 0 Å². The fourth-order valence-electron chi connectivity index (χ4n) is 10.3. The summed E-state index contributed by atoms with van der Waals surface area (Å²) in [5, 5.41) is 0. The van der Waals surface area contributed by atoms with Gasteiger partial charge in [-0.25, -0.2) is 4.98 Å². The summed E-state index contributed by atoms with van der Waals surface area (Å²) in [4.78, 5) is 27.3. The second-order valence-corrected chi connectivity index (χ2v) is 15.7. The Kier molecular flexibility index (Phi) is 11.3. The number of unbranched alkanes of at least 4 members (excludes halogenated alkanes) is 2. The first-order valence-electron chi connectivity index (χ1n) is 18.8. The smallest absolute Gasteiger partial charge is 0.303 e. The number of ether oxygens (including phenoxy) is 5. The molecule has 8 nitrogen and oxygen atoms in total. The van der Waals surface area contributed by atoms with Crippen LogP contribution in [0.5, 0.6) is 5.88 Å². The van der Waals surface area contributed by atoms with Crippen LogP contribution in [0.25, 0.3) is 0 Å². The van der Waals surface area contributed by atoms with Crippen LogP contribution in [0.3, 0.4) is 0 Å². The summed E-state index contributed by atoms with van der Waals surface area (Å²) >= 11 is 0. The third kappa shape index (κ3) is 8.01. The molecule has 0 aromatic carbocycles. The molecule has 5 aliphatic rings. The zero-order valence-electron chi connectivity index (χ0n) is 30.2. The Hall–Kier alpha value is -2.97. The minimum absolute atomic E-state index is 0.00735. The van der Waals surface area contributed by atoms with Crippen molar-refractivity contribution in [3.8, 4) is 5.88 Å². The molecular formula is C41H57NO7. The Morgan fingerprint density at radius 1 is 1.00 bits per heavy atom. The SMILES string of the molecule is CC(=O)OC[C@H]1OC(O[C@H]2CC[C@@]3(C)C(=CC[C@H]4[C@@H]5CC[C@H](/C(C)=C/CCCCOc6ccccn6)[C@@]5(C)CC[C@@H]43)C2)C=C[C@@H]1OC(C)=O. The van der Waals surface area contributed by atoms with Crippen molar-refractivity contribution >= 4 is 11.9 Å². The molecule has 268 valence electrons. The highest BCUT2D eigenvalue weighted by Crippen LogP contribution is 2.67. The Labute approximate surface area is 293 Å². The van der Waals surface area contributed by atoms with E-state index in [-0.39, 0.29) is 18.1 Å². The standard InChI is InChI=1S/C41H57NO7/c1-27(11-7-6-10-24-45-38-12-8-9-23-42-38)33-15-16-34-32-14-13-30-25-31(19-21-40(30,4)35(32)20-22-41(33,34)5)48-39-18-17-36(47-29(3)44)37(49-39)26-46-28(2)43/h8-9,11-13,17-18,23,31-37,39H,6-7,10,14-16,19-22,24-26H2,1-5H3/b27-11+/t31-,32-,33+,34-,35-,36-,37+,39?,40-,41+/m0/s1. The number of nitrogens with zero attached hydrogens (tertiary/aromatic N) is 1. The van der Waals surface area contributed by atoms with Gasteiger partial charge in [0.25, 0.3) is 0 Å². The zero-order chi connectivity index (χ0) is 34.6. The van der Waals surface area contributed by atoms with E-state index >= 15 is 0 Å². The molecule has 1 aromatic rings. The Morgan fingerprint density at radius 3 is 2.63 bits per heavy atom. The predicted molar refractivity (Wildman–Crippen MR) is 187 cm³/mol. The number of aromatic nitrogens is 1. The molecule has 8 heteroatoms. The van der Waals surface area contributed by atoms with Gasteiger partial charge in [-0.15, -0.1) is 0 Å². The molecule has 3 fully saturated rings. The summed E-state index contributed by atoms with van der Waals surface area (Å²) in [7, 11) is 0. The molecule has 0 bridgehead atoms. The van der Waals surface area contributed by atoms with E-state index < -0.39 is 30.4 Å². The molecule has 0 radical (unpaired) electrons. The number of allylic oxidation sites excluding steroid dienone is 3. The number of rotatable bonds is 12. The monoisotopic (exact) mass is 675 g/mol. The third-order valence-electron chi connectivity index (χ3n) is 12.8. The molecule has 49 heavy (non-hydrogen) atoms. The van der Waals surface area contributed by atoms with Crippen LogP contribution in [0.15, 0.2) is 59.8 Å². The summed E-state index contributed by atoms with van der Waals surface area (Å²) in [6, 6.07) is 5.79. The Morgan fingerprint density at radius 2 is 1.86 bits per heavy atom. The number of hydrogen-bond acceptors (Lipinski definition) is 8. The van der Waals surface area contributed by atoms with Crippen LogP contribution in [-0.4, -0.2) is 54.7 Å². The van der Waals surface area contributed by atoms with E-state index in [0.717, 1.165) is 62.9 Å². The van der Waals surface area contributed by atoms with Crippen molar-refractivity contribution < 1.29 is 33.3 Å². The Bertz CT molecular complexity index is 1410. The van der Waals surface area contributed by atoms with Crippen molar-refractivity contribution in [2.45, 2.75) is 130 Å². The van der Waals surface area contributed by atoms with Gasteiger partial charge in [0.2, 0.25) is 5.88 Å². The number of carbonyl (C=O) groups is 2. The molecule has 1 aromatic heterocycles. The van der Waals surface area contributed by atoms with Crippen LogP contribution in [-0.2, 0) is 28.5 Å². The van der Waals surface area contributed by atoms with Crippen LogP contribution >= 0.6 is 0 Å². The van der Waals surface area contributed by atoms with Crippen molar-refractivity contribution in [1.29, 1.82) is 0 Å². The number of fused-ring (bicyclic) bond motifs is 5. The lowest BCUT2D eigenvalue weighted by molar-refractivity contribution is -0.213. The van der Waals surface area contributed by atoms with Gasteiger partial charge in [-0.05, 0) is 130 Å². The van der Waals surface area contributed by atoms with Gasteiger partial charge in [0, 0.05) is 26.1 Å². The van der Waals surface area contributed by atoms with Crippen LogP contribution < -0.4 is 4.74 Å². The van der Waals surface area contributed by atoms with Crippen molar-refractivity contribution in [3.63, 3.8) is 0 Å². The summed E-state index contributed by atoms with van der Waals surface area (Å²) in [5.74, 6) is 2.88. The molecule has 2 heterocycles. The van der Waals surface area contributed by atoms with Gasteiger partial charge in [0.05, 0.1) is 12.7 Å². The van der Waals surface area contributed by atoms with E-state index in [4.69, 9.17) is 23.7 Å². The topological polar surface area (TPSA) is 93.2 Å². The second-order valence-electron chi connectivity index (χ2n) is 15.7. The van der Waals surface area contributed by atoms with Gasteiger partial charge in [-0.1, -0.05) is 43.2 Å². The minimum atomic E-state index is -0.612. The molecule has 1 unspecified atom stereocenters. The summed E-state index contributed by atoms with van der Waals surface area (Å²) in [6.45, 7) is 11.0. The fourth-order valence-corrected chi connectivity index (χ4v) is 10.3. The molecule has 0 spiro atoms. The first-order chi connectivity index (χ1) is 23.6. The van der Waals surface area contributed by atoms with Gasteiger partial charge in [-0.3, -0.25) is 9.59 Å². The highest BCUT2D eigenvalue weighted by Gasteiger charge is 2.58. The molecule has 0 amide bonds. The van der Waals surface area contributed by atoms with Crippen molar-refractivity contribution in [1.82, 2.24) is 4.98 Å². The molecular weight excluding hydrogens is 618 g/mol. The van der Waals surface area contributed by atoms with Gasteiger partial charge in [0.1, 0.15) is 18.8 Å². The lowest BCUT2D eigenvalue weighted by Crippen LogP contribution is -2.51. The molecule has 3 saturated carbocycles. The predicted octanol–water partition coefficient (Wildman–Crippen LogP) is 8.32. The van der Waals surface area contributed by atoms with Crippen molar-refractivity contribution in [2.24, 2.45) is 34.5 Å². The van der Waals surface area contributed by atoms with Gasteiger partial charge in [0.15, 0.2) is 6.29 Å². The van der Waals surface area contributed by atoms with Gasteiger partial charge < -0.3 is 23.7 Å². The molecule has 0 N–H and O–H groups in total. The summed E-state index contributed by atoms with van der Waals surface area (Å²) in [6.07, 6.45) is 21.6. The maximum absolute atomic E-state index is 11.6. The average molecular weight is 676 g/mol. The van der Waals surface area contributed by atoms with Crippen molar-refractivity contribution in [2.75, 3.05) is 13.2 Å². The normalized spacial score (nSPS) is 36.9. The quantitative estimate of drug-likeness (QED) is 0.124. The molecule has 1 aliphatic heterocycles. The summed E-state index contributed by atoms with van der Waals surface area (Å²) < 4.78 is 29.0. The van der Waals surface area contributed by atoms with E-state index in [2.05, 4.69) is 37.9 Å². The average Bonchev–Trinajstić information content (AvgIpc) is 3.44. The number of carbonyl (C=O) groups excluding carboxylic acids is 2. The van der Waals surface area contributed by atoms with E-state index in [9.17, 15) is 9.59 Å². The first-order valence-corrected chi connectivity index (χ1v) is 18.8. The Balaban J connectivity index is 1.03. The minimum Gasteiger partial charge on any atom is -0.478 e. The molecule has 10 atom stereocenters. The fraction of sp³-hybridized carbons (Fsp3) is 0.683. The van der Waals surface area contributed by atoms with E-state index in [1.165, 1.54) is 46.0 Å². The van der Waals surface area contributed by atoms with Crippen LogP contribution in [0, 0.1) is 34.5 Å². The lowest BCUT2D eigenvalue weighted by atomic mass is 9.47. The van der Waals surface area contributed by atoms with Crippen molar-refractivity contribution in [3.05, 3.63) is 59.8 Å². The van der Waals surface area contributed by atoms with E-state index in [1.54, 1.807) is 23.4 Å². The lowest BCUT2D eigenvalue weighted by Gasteiger charge is -2.58. The zero-order valence-corrected chi connectivity index (χ0v) is 30.2. The summed E-state index contributed by atoms with van der Waals surface area (Å²) in [5.41, 5.74) is 3.80. The first kappa shape index (κ1) is 35.8.